The van der Waals surface area contributed by atoms with Crippen LogP contribution < -0.4 is 5.32 Å². The van der Waals surface area contributed by atoms with Crippen molar-refractivity contribution < 1.29 is 23.9 Å². The number of esters is 2. The van der Waals surface area contributed by atoms with Crippen molar-refractivity contribution in [2.24, 2.45) is 0 Å². The van der Waals surface area contributed by atoms with Crippen LogP contribution in [0.5, 0.6) is 0 Å². The van der Waals surface area contributed by atoms with E-state index in [0.717, 1.165) is 0 Å². The van der Waals surface area contributed by atoms with E-state index >= 15 is 0 Å². The van der Waals surface area contributed by atoms with E-state index in [0.29, 0.717) is 43.7 Å². The minimum atomic E-state index is -0.466. The maximum Gasteiger partial charge on any atom is 0.333 e. The summed E-state index contributed by atoms with van der Waals surface area (Å²) in [5.74, 6) is -0.954. The van der Waals surface area contributed by atoms with Crippen molar-refractivity contribution >= 4 is 17.8 Å². The molecule has 136 valence electrons. The van der Waals surface area contributed by atoms with Gasteiger partial charge in [0.25, 0.3) is 0 Å². The maximum absolute atomic E-state index is 11.5. The number of nitrogens with one attached hydrogen (secondary N) is 1. The van der Waals surface area contributed by atoms with Gasteiger partial charge >= 0.3 is 11.9 Å². The second kappa shape index (κ2) is 12.3. The highest BCUT2D eigenvalue weighted by Gasteiger charge is 2.10. The summed E-state index contributed by atoms with van der Waals surface area (Å²) in [5.41, 5.74) is 0.772. The lowest BCUT2D eigenvalue weighted by atomic mass is 10.2. The first-order valence-electron chi connectivity index (χ1n) is 7.93. The van der Waals surface area contributed by atoms with Crippen molar-refractivity contribution in [2.75, 3.05) is 39.4 Å². The average molecular weight is 340 g/mol. The lowest BCUT2D eigenvalue weighted by Gasteiger charge is -2.21. The number of ether oxygens (including phenoxy) is 2. The minimum absolute atomic E-state index is 0.103. The van der Waals surface area contributed by atoms with Gasteiger partial charge in [-0.1, -0.05) is 20.1 Å². The summed E-state index contributed by atoms with van der Waals surface area (Å²) in [6.45, 7) is 14.1. The molecule has 24 heavy (non-hydrogen) atoms. The molecule has 0 saturated carbocycles. The molecule has 0 aliphatic rings. The van der Waals surface area contributed by atoms with Crippen molar-refractivity contribution in [3.05, 3.63) is 24.3 Å². The molecule has 0 saturated heterocycles. The van der Waals surface area contributed by atoms with Crippen LogP contribution in [0.4, 0.5) is 0 Å². The molecule has 0 aromatic rings. The van der Waals surface area contributed by atoms with Crippen molar-refractivity contribution in [1.29, 1.82) is 0 Å². The fourth-order valence-electron chi connectivity index (χ4n) is 1.60. The summed E-state index contributed by atoms with van der Waals surface area (Å²) in [6.07, 6.45) is 0.565. The fourth-order valence-corrected chi connectivity index (χ4v) is 1.60. The zero-order valence-electron chi connectivity index (χ0n) is 14.9. The van der Waals surface area contributed by atoms with E-state index in [1.54, 1.807) is 11.8 Å². The summed E-state index contributed by atoms with van der Waals surface area (Å²) in [4.78, 5) is 35.7. The topological polar surface area (TPSA) is 84.9 Å². The second-order valence-corrected chi connectivity index (χ2v) is 5.27. The normalized spacial score (nSPS) is 9.96. The number of rotatable bonds is 12. The number of carbonyl (C=O) groups excluding carboxylic acids is 3. The Labute approximate surface area is 143 Å². The van der Waals surface area contributed by atoms with Gasteiger partial charge in [0.05, 0.1) is 6.54 Å². The van der Waals surface area contributed by atoms with Gasteiger partial charge in [-0.05, 0) is 13.3 Å². The number of carbonyl (C=O) groups is 3. The Balaban J connectivity index is 3.88. The van der Waals surface area contributed by atoms with E-state index in [1.165, 1.54) is 6.92 Å². The molecule has 0 bridgehead atoms. The van der Waals surface area contributed by atoms with Gasteiger partial charge < -0.3 is 19.7 Å². The highest BCUT2D eigenvalue weighted by Crippen LogP contribution is 1.98. The standard InChI is InChI=1S/C17H28N2O5/c1-6-14(4)17(22)23-11-8-18-7-9-19(15(5)20)10-12-24-16(21)13(2)3/h18H,2,4,6-12H2,1,3,5H3. The van der Waals surface area contributed by atoms with Gasteiger partial charge in [0.1, 0.15) is 13.2 Å². The van der Waals surface area contributed by atoms with Crippen LogP contribution in [0, 0.1) is 0 Å². The molecule has 0 atom stereocenters. The molecule has 0 rings (SSSR count). The molecule has 0 aromatic carbocycles. The summed E-state index contributed by atoms with van der Waals surface area (Å²) in [5, 5.41) is 3.08. The third kappa shape index (κ3) is 9.78. The molecule has 0 fully saturated rings. The molecule has 0 aromatic heterocycles. The molecular weight excluding hydrogens is 312 g/mol. The third-order valence-electron chi connectivity index (χ3n) is 3.17. The lowest BCUT2D eigenvalue weighted by molar-refractivity contribution is -0.141. The molecule has 1 amide bonds. The Morgan fingerprint density at radius 1 is 0.958 bits per heavy atom. The van der Waals surface area contributed by atoms with Crippen LogP contribution in [0.1, 0.15) is 27.2 Å². The number of nitrogens with zero attached hydrogens (tertiary/aromatic N) is 1. The van der Waals surface area contributed by atoms with Crippen molar-refractivity contribution in [2.45, 2.75) is 27.2 Å². The Kier molecular flexibility index (Phi) is 11.2. The van der Waals surface area contributed by atoms with Gasteiger partial charge in [-0.3, -0.25) is 4.79 Å². The van der Waals surface area contributed by atoms with Gasteiger partial charge in [0.15, 0.2) is 0 Å². The Hall–Kier alpha value is -2.15. The fraction of sp³-hybridized carbons (Fsp3) is 0.588. The van der Waals surface area contributed by atoms with E-state index in [1.807, 2.05) is 6.92 Å². The third-order valence-corrected chi connectivity index (χ3v) is 3.17. The van der Waals surface area contributed by atoms with Crippen molar-refractivity contribution in [1.82, 2.24) is 10.2 Å². The molecule has 1 N–H and O–H groups in total. The lowest BCUT2D eigenvalue weighted by Crippen LogP contribution is -2.38. The Bertz CT molecular complexity index is 474. The quantitative estimate of drug-likeness (QED) is 0.325. The van der Waals surface area contributed by atoms with Crippen LogP contribution in [0.2, 0.25) is 0 Å². The summed E-state index contributed by atoms with van der Waals surface area (Å²) in [6, 6.07) is 0. The highest BCUT2D eigenvalue weighted by atomic mass is 16.5. The van der Waals surface area contributed by atoms with Gasteiger partial charge in [-0.25, -0.2) is 9.59 Å². The smallest absolute Gasteiger partial charge is 0.333 e. The van der Waals surface area contributed by atoms with Crippen LogP contribution in [0.15, 0.2) is 24.3 Å². The zero-order chi connectivity index (χ0) is 18.5. The minimum Gasteiger partial charge on any atom is -0.461 e. The predicted octanol–water partition coefficient (Wildman–Crippen LogP) is 1.05. The zero-order valence-corrected chi connectivity index (χ0v) is 14.9. The molecule has 0 unspecified atom stereocenters. The average Bonchev–Trinajstić information content (AvgIpc) is 2.54. The molecule has 0 aliphatic heterocycles. The van der Waals surface area contributed by atoms with Gasteiger partial charge in [0.2, 0.25) is 5.91 Å². The van der Waals surface area contributed by atoms with Crippen LogP contribution in [-0.2, 0) is 23.9 Å². The summed E-state index contributed by atoms with van der Waals surface area (Å²) < 4.78 is 9.99. The highest BCUT2D eigenvalue weighted by molar-refractivity contribution is 5.87. The van der Waals surface area contributed by atoms with E-state index in [-0.39, 0.29) is 25.1 Å². The Morgan fingerprint density at radius 3 is 2.12 bits per heavy atom. The first-order valence-corrected chi connectivity index (χ1v) is 7.93. The van der Waals surface area contributed by atoms with Gasteiger partial charge in [-0.15, -0.1) is 0 Å². The van der Waals surface area contributed by atoms with E-state index < -0.39 is 5.97 Å². The van der Waals surface area contributed by atoms with E-state index in [9.17, 15) is 14.4 Å². The first kappa shape index (κ1) is 21.9. The predicted molar refractivity (Wildman–Crippen MR) is 91.3 cm³/mol. The molecule has 7 heteroatoms. The molecule has 0 aliphatic carbocycles. The summed E-state index contributed by atoms with van der Waals surface area (Å²) in [7, 11) is 0. The number of hydrogen-bond acceptors (Lipinski definition) is 6. The van der Waals surface area contributed by atoms with E-state index in [4.69, 9.17) is 9.47 Å². The van der Waals surface area contributed by atoms with Crippen molar-refractivity contribution in [3.8, 4) is 0 Å². The number of amides is 1. The monoisotopic (exact) mass is 340 g/mol. The maximum atomic E-state index is 11.5. The molecular formula is C17H28N2O5. The molecule has 0 spiro atoms. The Morgan fingerprint density at radius 2 is 1.58 bits per heavy atom. The van der Waals surface area contributed by atoms with Crippen LogP contribution >= 0.6 is 0 Å². The van der Waals surface area contributed by atoms with Crippen molar-refractivity contribution in [3.63, 3.8) is 0 Å². The van der Waals surface area contributed by atoms with Gasteiger partial charge in [0, 0.05) is 37.7 Å². The molecule has 0 radical (unpaired) electrons. The second-order valence-electron chi connectivity index (χ2n) is 5.27. The SMILES string of the molecule is C=C(C)C(=O)OCCN(CCNCCOC(=O)C(=C)CC)C(C)=O. The molecule has 7 nitrogen and oxygen atoms in total. The van der Waals surface area contributed by atoms with E-state index in [2.05, 4.69) is 18.5 Å². The summed E-state index contributed by atoms with van der Waals surface area (Å²) >= 11 is 0. The van der Waals surface area contributed by atoms with Gasteiger partial charge in [-0.2, -0.15) is 0 Å². The van der Waals surface area contributed by atoms with Crippen LogP contribution in [-0.4, -0.2) is 62.1 Å². The molecule has 0 heterocycles. The van der Waals surface area contributed by atoms with Crippen LogP contribution in [0.25, 0.3) is 0 Å². The number of hydrogen-bond donors (Lipinski definition) is 1. The largest absolute Gasteiger partial charge is 0.461 e. The van der Waals surface area contributed by atoms with Crippen LogP contribution in [0.3, 0.4) is 0 Å². The first-order chi connectivity index (χ1) is 11.3.